The van der Waals surface area contributed by atoms with Crippen LogP contribution in [-0.4, -0.2) is 35.2 Å². The highest BCUT2D eigenvalue weighted by molar-refractivity contribution is 5.14. The summed E-state index contributed by atoms with van der Waals surface area (Å²) < 4.78 is 0. The van der Waals surface area contributed by atoms with Crippen LogP contribution in [-0.2, 0) is 6.54 Å². The average molecular weight is 192 g/mol. The maximum absolute atomic E-state index is 9.48. The van der Waals surface area contributed by atoms with E-state index in [1.807, 2.05) is 18.2 Å². The van der Waals surface area contributed by atoms with Crippen molar-refractivity contribution >= 4 is 0 Å². The van der Waals surface area contributed by atoms with Crippen LogP contribution in [0.3, 0.4) is 0 Å². The van der Waals surface area contributed by atoms with Crippen molar-refractivity contribution in [2.24, 2.45) is 5.73 Å². The molecule has 0 bridgehead atoms. The monoisotopic (exact) mass is 192 g/mol. The molecule has 3 N–H and O–H groups in total. The number of hydrogen-bond acceptors (Lipinski definition) is 3. The molecule has 0 saturated carbocycles. The number of benzene rings is 1. The second-order valence-electron chi connectivity index (χ2n) is 3.91. The Morgan fingerprint density at radius 1 is 1.29 bits per heavy atom. The van der Waals surface area contributed by atoms with E-state index >= 15 is 0 Å². The van der Waals surface area contributed by atoms with Gasteiger partial charge >= 0.3 is 0 Å². The summed E-state index contributed by atoms with van der Waals surface area (Å²) in [5.74, 6) is 0. The molecule has 0 amide bonds. The van der Waals surface area contributed by atoms with Crippen LogP contribution in [0.5, 0.6) is 0 Å². The summed E-state index contributed by atoms with van der Waals surface area (Å²) in [4.78, 5) is 2.19. The Bertz CT molecular complexity index is 279. The van der Waals surface area contributed by atoms with Gasteiger partial charge in [-0.3, -0.25) is 4.90 Å². The third kappa shape index (κ3) is 2.12. The Balaban J connectivity index is 1.94. The van der Waals surface area contributed by atoms with Gasteiger partial charge < -0.3 is 10.8 Å². The summed E-state index contributed by atoms with van der Waals surface area (Å²) in [6.45, 7) is 2.36. The standard InChI is InChI=1S/C11H16N2O/c12-10-7-13(8-11(10)14)6-9-4-2-1-3-5-9/h1-5,10-11,14H,6-8,12H2/t10-,11-/m0/s1. The molecule has 0 radical (unpaired) electrons. The summed E-state index contributed by atoms with van der Waals surface area (Å²) in [6, 6.07) is 10.2. The molecule has 3 nitrogen and oxygen atoms in total. The van der Waals surface area contributed by atoms with Crippen LogP contribution in [0.15, 0.2) is 30.3 Å². The smallest absolute Gasteiger partial charge is 0.0830 e. The van der Waals surface area contributed by atoms with Gasteiger partial charge in [0.15, 0.2) is 0 Å². The Morgan fingerprint density at radius 2 is 2.00 bits per heavy atom. The van der Waals surface area contributed by atoms with E-state index < -0.39 is 0 Å². The number of rotatable bonds is 2. The Kier molecular flexibility index (Phi) is 2.82. The van der Waals surface area contributed by atoms with E-state index in [9.17, 15) is 5.11 Å². The van der Waals surface area contributed by atoms with Gasteiger partial charge in [0.05, 0.1) is 6.10 Å². The lowest BCUT2D eigenvalue weighted by Crippen LogP contribution is -2.32. The molecule has 0 aromatic heterocycles. The molecule has 1 saturated heterocycles. The van der Waals surface area contributed by atoms with Crippen LogP contribution < -0.4 is 5.73 Å². The minimum absolute atomic E-state index is 0.0845. The molecule has 1 heterocycles. The van der Waals surface area contributed by atoms with E-state index in [1.54, 1.807) is 0 Å². The first-order chi connectivity index (χ1) is 6.75. The van der Waals surface area contributed by atoms with E-state index in [4.69, 9.17) is 5.73 Å². The minimum atomic E-state index is -0.362. The molecule has 1 aliphatic heterocycles. The molecule has 1 aromatic rings. The predicted octanol–water partition coefficient (Wildman–Crippen LogP) is 0.190. The van der Waals surface area contributed by atoms with Gasteiger partial charge in [0.1, 0.15) is 0 Å². The molecule has 1 aliphatic rings. The Labute approximate surface area is 84.1 Å². The van der Waals surface area contributed by atoms with Crippen molar-refractivity contribution in [1.29, 1.82) is 0 Å². The summed E-state index contributed by atoms with van der Waals surface area (Å²) in [5, 5.41) is 9.48. The van der Waals surface area contributed by atoms with Crippen molar-refractivity contribution in [3.05, 3.63) is 35.9 Å². The van der Waals surface area contributed by atoms with Crippen LogP contribution >= 0.6 is 0 Å². The third-order valence-corrected chi connectivity index (χ3v) is 2.66. The first kappa shape index (κ1) is 9.65. The lowest BCUT2D eigenvalue weighted by atomic mass is 10.2. The zero-order valence-corrected chi connectivity index (χ0v) is 8.13. The Morgan fingerprint density at radius 3 is 2.57 bits per heavy atom. The highest BCUT2D eigenvalue weighted by atomic mass is 16.3. The van der Waals surface area contributed by atoms with Crippen molar-refractivity contribution in [3.63, 3.8) is 0 Å². The molecular formula is C11H16N2O. The number of β-amino-alcohol motifs (C(OH)–C–C–N with tert-alkyl or cyclic N) is 1. The highest BCUT2D eigenvalue weighted by Gasteiger charge is 2.27. The number of nitrogens with zero attached hydrogens (tertiary/aromatic N) is 1. The summed E-state index contributed by atoms with van der Waals surface area (Å²) in [5.41, 5.74) is 7.00. The highest BCUT2D eigenvalue weighted by Crippen LogP contribution is 2.12. The molecule has 76 valence electrons. The van der Waals surface area contributed by atoms with E-state index in [0.717, 1.165) is 13.1 Å². The van der Waals surface area contributed by atoms with Gasteiger partial charge in [-0.25, -0.2) is 0 Å². The second-order valence-corrected chi connectivity index (χ2v) is 3.91. The number of aliphatic hydroxyl groups is 1. The zero-order chi connectivity index (χ0) is 9.97. The van der Waals surface area contributed by atoms with Crippen molar-refractivity contribution in [2.45, 2.75) is 18.7 Å². The lowest BCUT2D eigenvalue weighted by Gasteiger charge is -2.14. The molecule has 1 fully saturated rings. The fourth-order valence-electron chi connectivity index (χ4n) is 1.87. The van der Waals surface area contributed by atoms with E-state index in [2.05, 4.69) is 17.0 Å². The molecule has 2 rings (SSSR count). The Hall–Kier alpha value is -0.900. The van der Waals surface area contributed by atoms with E-state index in [0.29, 0.717) is 6.54 Å². The van der Waals surface area contributed by atoms with Crippen LogP contribution in [0.1, 0.15) is 5.56 Å². The number of nitrogens with two attached hydrogens (primary N) is 1. The third-order valence-electron chi connectivity index (χ3n) is 2.66. The van der Waals surface area contributed by atoms with E-state index in [1.165, 1.54) is 5.56 Å². The molecule has 3 heteroatoms. The number of likely N-dealkylation sites (tertiary alicyclic amines) is 1. The topological polar surface area (TPSA) is 49.5 Å². The maximum atomic E-state index is 9.48. The summed E-state index contributed by atoms with van der Waals surface area (Å²) in [7, 11) is 0. The first-order valence-corrected chi connectivity index (χ1v) is 4.95. The molecule has 0 unspecified atom stereocenters. The van der Waals surface area contributed by atoms with Gasteiger partial charge in [0.2, 0.25) is 0 Å². The van der Waals surface area contributed by atoms with Crippen molar-refractivity contribution in [2.75, 3.05) is 13.1 Å². The van der Waals surface area contributed by atoms with Gasteiger partial charge in [0, 0.05) is 25.7 Å². The van der Waals surface area contributed by atoms with Crippen molar-refractivity contribution < 1.29 is 5.11 Å². The van der Waals surface area contributed by atoms with Gasteiger partial charge in [-0.15, -0.1) is 0 Å². The average Bonchev–Trinajstić information content (AvgIpc) is 2.47. The molecule has 14 heavy (non-hydrogen) atoms. The fourth-order valence-corrected chi connectivity index (χ4v) is 1.87. The largest absolute Gasteiger partial charge is 0.390 e. The summed E-state index contributed by atoms with van der Waals surface area (Å²) in [6.07, 6.45) is -0.362. The fraction of sp³-hybridized carbons (Fsp3) is 0.455. The predicted molar refractivity (Wildman–Crippen MR) is 55.7 cm³/mol. The van der Waals surface area contributed by atoms with Gasteiger partial charge in [-0.1, -0.05) is 30.3 Å². The molecule has 1 aromatic carbocycles. The van der Waals surface area contributed by atoms with Crippen LogP contribution in [0.4, 0.5) is 0 Å². The number of aliphatic hydroxyl groups excluding tert-OH is 1. The SMILES string of the molecule is N[C@H]1CN(Cc2ccccc2)C[C@@H]1O. The van der Waals surface area contributed by atoms with Gasteiger partial charge in [-0.05, 0) is 5.56 Å². The first-order valence-electron chi connectivity index (χ1n) is 4.95. The molecule has 2 atom stereocenters. The molecular weight excluding hydrogens is 176 g/mol. The van der Waals surface area contributed by atoms with E-state index in [-0.39, 0.29) is 12.1 Å². The number of hydrogen-bond donors (Lipinski definition) is 2. The van der Waals surface area contributed by atoms with Crippen molar-refractivity contribution in [3.8, 4) is 0 Å². The van der Waals surface area contributed by atoms with Crippen molar-refractivity contribution in [1.82, 2.24) is 4.90 Å². The zero-order valence-electron chi connectivity index (χ0n) is 8.13. The maximum Gasteiger partial charge on any atom is 0.0830 e. The quantitative estimate of drug-likeness (QED) is 0.703. The van der Waals surface area contributed by atoms with Crippen LogP contribution in [0, 0.1) is 0 Å². The van der Waals surface area contributed by atoms with Crippen LogP contribution in [0.2, 0.25) is 0 Å². The van der Waals surface area contributed by atoms with Gasteiger partial charge in [-0.2, -0.15) is 0 Å². The lowest BCUT2D eigenvalue weighted by molar-refractivity contribution is 0.164. The van der Waals surface area contributed by atoms with Crippen LogP contribution in [0.25, 0.3) is 0 Å². The molecule has 0 aliphatic carbocycles. The second kappa shape index (κ2) is 4.09. The molecule has 0 spiro atoms. The van der Waals surface area contributed by atoms with Gasteiger partial charge in [0.25, 0.3) is 0 Å². The normalized spacial score (nSPS) is 28.1. The minimum Gasteiger partial charge on any atom is -0.390 e. The summed E-state index contributed by atoms with van der Waals surface area (Å²) >= 11 is 0.